The van der Waals surface area contributed by atoms with E-state index in [2.05, 4.69) is 4.90 Å². The summed E-state index contributed by atoms with van der Waals surface area (Å²) in [7, 11) is 3.17. The van der Waals surface area contributed by atoms with Gasteiger partial charge in [0.25, 0.3) is 0 Å². The van der Waals surface area contributed by atoms with Crippen LogP contribution in [0.2, 0.25) is 0 Å². The van der Waals surface area contributed by atoms with Crippen LogP contribution in [0.5, 0.6) is 11.5 Å². The van der Waals surface area contributed by atoms with Crippen molar-refractivity contribution in [1.82, 2.24) is 9.80 Å². The summed E-state index contributed by atoms with van der Waals surface area (Å²) < 4.78 is 43.7. The number of benzene rings is 3. The fraction of sp³-hybridized carbons (Fsp3) is 0.300. The summed E-state index contributed by atoms with van der Waals surface area (Å²) in [4.78, 5) is 16.8. The van der Waals surface area contributed by atoms with Crippen LogP contribution in [-0.4, -0.2) is 69.3 Å². The molecule has 4 rings (SSSR count). The van der Waals surface area contributed by atoms with E-state index in [9.17, 15) is 13.6 Å². The van der Waals surface area contributed by atoms with Crippen LogP contribution >= 0.6 is 0 Å². The van der Waals surface area contributed by atoms with E-state index in [1.54, 1.807) is 56.7 Å². The van der Waals surface area contributed by atoms with E-state index in [1.807, 2.05) is 17.0 Å². The number of methoxy groups -OCH3 is 2. The Morgan fingerprint density at radius 2 is 1.37 bits per heavy atom. The predicted octanol–water partition coefficient (Wildman–Crippen LogP) is 4.95. The normalized spacial score (nSPS) is 14.3. The second kappa shape index (κ2) is 13.2. The van der Waals surface area contributed by atoms with Crippen molar-refractivity contribution in [3.63, 3.8) is 0 Å². The summed E-state index contributed by atoms with van der Waals surface area (Å²) in [5.41, 5.74) is 2.42. The maximum absolute atomic E-state index is 13.4. The van der Waals surface area contributed by atoms with Gasteiger partial charge in [-0.15, -0.1) is 0 Å². The zero-order valence-corrected chi connectivity index (χ0v) is 21.6. The minimum absolute atomic E-state index is 0.0460. The van der Waals surface area contributed by atoms with E-state index in [4.69, 9.17) is 14.2 Å². The minimum atomic E-state index is -0.431. The third kappa shape index (κ3) is 7.40. The van der Waals surface area contributed by atoms with Gasteiger partial charge in [0.2, 0.25) is 5.91 Å². The molecule has 0 aliphatic carbocycles. The fourth-order valence-electron chi connectivity index (χ4n) is 4.35. The lowest BCUT2D eigenvalue weighted by Crippen LogP contribution is -2.49. The zero-order valence-electron chi connectivity index (χ0n) is 21.6. The number of piperazine rings is 1. The van der Waals surface area contributed by atoms with Gasteiger partial charge in [-0.05, 0) is 59.2 Å². The average Bonchev–Trinajstić information content (AvgIpc) is 2.95. The maximum Gasteiger partial charge on any atom is 0.246 e. The molecule has 1 aliphatic heterocycles. The molecule has 0 radical (unpaired) electrons. The van der Waals surface area contributed by atoms with E-state index in [0.29, 0.717) is 37.7 Å². The van der Waals surface area contributed by atoms with E-state index in [0.717, 1.165) is 29.8 Å². The molecule has 0 spiro atoms. The van der Waals surface area contributed by atoms with Gasteiger partial charge in [-0.2, -0.15) is 0 Å². The monoisotopic (exact) mass is 522 g/mol. The van der Waals surface area contributed by atoms with Gasteiger partial charge < -0.3 is 19.1 Å². The van der Waals surface area contributed by atoms with Crippen molar-refractivity contribution in [3.8, 4) is 11.5 Å². The molecule has 200 valence electrons. The highest BCUT2D eigenvalue weighted by molar-refractivity contribution is 5.92. The van der Waals surface area contributed by atoms with Crippen LogP contribution in [0.25, 0.3) is 6.08 Å². The molecular weight excluding hydrogens is 490 g/mol. The second-order valence-corrected chi connectivity index (χ2v) is 9.00. The van der Waals surface area contributed by atoms with Crippen molar-refractivity contribution in [2.75, 3.05) is 53.6 Å². The first-order valence-electron chi connectivity index (χ1n) is 12.5. The summed E-state index contributed by atoms with van der Waals surface area (Å²) in [6.07, 6.45) is 2.90. The van der Waals surface area contributed by atoms with Crippen molar-refractivity contribution in [1.29, 1.82) is 0 Å². The Bertz CT molecular complexity index is 1160. The Labute approximate surface area is 222 Å². The van der Waals surface area contributed by atoms with E-state index in [-0.39, 0.29) is 17.5 Å². The number of hydrogen-bond acceptors (Lipinski definition) is 5. The van der Waals surface area contributed by atoms with Crippen LogP contribution in [0.1, 0.15) is 22.8 Å². The van der Waals surface area contributed by atoms with Crippen molar-refractivity contribution in [2.45, 2.75) is 6.10 Å². The molecule has 0 N–H and O–H groups in total. The lowest BCUT2D eigenvalue weighted by Gasteiger charge is -2.34. The molecule has 3 aromatic carbocycles. The summed E-state index contributed by atoms with van der Waals surface area (Å²) in [6.45, 7) is 3.81. The van der Waals surface area contributed by atoms with Gasteiger partial charge in [0.05, 0.1) is 20.8 Å². The Hall–Kier alpha value is -3.75. The van der Waals surface area contributed by atoms with E-state index in [1.165, 1.54) is 24.3 Å². The van der Waals surface area contributed by atoms with Gasteiger partial charge in [0.15, 0.2) is 0 Å². The SMILES string of the molecule is COc1cc(C=CC(=O)N2CCN(CCOC(c3ccc(F)cc3)c3ccc(F)cc3)CC2)cc(OC)c1. The maximum atomic E-state index is 13.4. The number of carbonyl (C=O) groups is 1. The number of carbonyl (C=O) groups excluding carboxylic acids is 1. The molecule has 38 heavy (non-hydrogen) atoms. The lowest BCUT2D eigenvalue weighted by molar-refractivity contribution is -0.127. The molecule has 0 saturated carbocycles. The van der Waals surface area contributed by atoms with Crippen LogP contribution in [-0.2, 0) is 9.53 Å². The van der Waals surface area contributed by atoms with Crippen LogP contribution in [0.4, 0.5) is 8.78 Å². The molecule has 0 bridgehead atoms. The molecule has 8 heteroatoms. The molecule has 1 saturated heterocycles. The number of amides is 1. The molecule has 1 aliphatic rings. The van der Waals surface area contributed by atoms with Crippen LogP contribution in [0.15, 0.2) is 72.8 Å². The van der Waals surface area contributed by atoms with Crippen LogP contribution in [0.3, 0.4) is 0 Å². The topological polar surface area (TPSA) is 51.2 Å². The minimum Gasteiger partial charge on any atom is -0.497 e. The second-order valence-electron chi connectivity index (χ2n) is 9.00. The van der Waals surface area contributed by atoms with Crippen molar-refractivity contribution in [2.24, 2.45) is 0 Å². The Kier molecular flexibility index (Phi) is 9.46. The molecule has 0 unspecified atom stereocenters. The molecule has 1 heterocycles. The smallest absolute Gasteiger partial charge is 0.246 e. The third-order valence-electron chi connectivity index (χ3n) is 6.51. The number of halogens is 2. The van der Waals surface area contributed by atoms with Crippen molar-refractivity contribution in [3.05, 3.63) is 101 Å². The first-order chi connectivity index (χ1) is 18.4. The summed E-state index contributed by atoms with van der Waals surface area (Å²) >= 11 is 0. The highest BCUT2D eigenvalue weighted by Gasteiger charge is 2.21. The molecule has 0 aromatic heterocycles. The molecule has 0 atom stereocenters. The standard InChI is InChI=1S/C30H32F2N2O4/c1-36-27-19-22(20-28(21-27)37-2)3-12-29(35)34-15-13-33(14-16-34)17-18-38-30(23-4-8-25(31)9-5-23)24-6-10-26(32)11-7-24/h3-12,19-21,30H,13-18H2,1-2H3. The lowest BCUT2D eigenvalue weighted by atomic mass is 10.0. The number of ether oxygens (including phenoxy) is 3. The molecule has 6 nitrogen and oxygen atoms in total. The van der Waals surface area contributed by atoms with Gasteiger partial charge in [0, 0.05) is 44.9 Å². The molecule has 3 aromatic rings. The molecular formula is C30H32F2N2O4. The van der Waals surface area contributed by atoms with Gasteiger partial charge in [-0.3, -0.25) is 9.69 Å². The van der Waals surface area contributed by atoms with Gasteiger partial charge in [0.1, 0.15) is 29.2 Å². The van der Waals surface area contributed by atoms with E-state index >= 15 is 0 Å². The first-order valence-corrected chi connectivity index (χ1v) is 12.5. The van der Waals surface area contributed by atoms with E-state index < -0.39 is 6.10 Å². The average molecular weight is 523 g/mol. The van der Waals surface area contributed by atoms with Gasteiger partial charge in [-0.25, -0.2) is 8.78 Å². The highest BCUT2D eigenvalue weighted by Crippen LogP contribution is 2.27. The van der Waals surface area contributed by atoms with Crippen LogP contribution in [0, 0.1) is 11.6 Å². The highest BCUT2D eigenvalue weighted by atomic mass is 19.1. The van der Waals surface area contributed by atoms with Gasteiger partial charge >= 0.3 is 0 Å². The molecule has 1 fully saturated rings. The van der Waals surface area contributed by atoms with Gasteiger partial charge in [-0.1, -0.05) is 24.3 Å². The third-order valence-corrected chi connectivity index (χ3v) is 6.51. The van der Waals surface area contributed by atoms with Crippen molar-refractivity contribution >= 4 is 12.0 Å². The fourth-order valence-corrected chi connectivity index (χ4v) is 4.35. The Balaban J connectivity index is 1.28. The zero-order chi connectivity index (χ0) is 26.9. The number of rotatable bonds is 10. The summed E-state index contributed by atoms with van der Waals surface area (Å²) in [5.74, 6) is 0.631. The Morgan fingerprint density at radius 3 is 1.87 bits per heavy atom. The quantitative estimate of drug-likeness (QED) is 0.353. The van der Waals surface area contributed by atoms with Crippen LogP contribution < -0.4 is 9.47 Å². The largest absolute Gasteiger partial charge is 0.497 e. The summed E-state index contributed by atoms with van der Waals surface area (Å²) in [5, 5.41) is 0. The summed E-state index contributed by atoms with van der Waals surface area (Å²) in [6, 6.07) is 17.8. The number of hydrogen-bond donors (Lipinski definition) is 0. The van der Waals surface area contributed by atoms with Crippen molar-refractivity contribution < 1.29 is 27.8 Å². The first kappa shape index (κ1) is 27.3. The molecule has 1 amide bonds. The Morgan fingerprint density at radius 1 is 0.842 bits per heavy atom. The number of nitrogens with zero attached hydrogens (tertiary/aromatic N) is 2. The predicted molar refractivity (Wildman–Crippen MR) is 142 cm³/mol.